The van der Waals surface area contributed by atoms with Crippen molar-refractivity contribution < 1.29 is 29.0 Å². The summed E-state index contributed by atoms with van der Waals surface area (Å²) in [6, 6.07) is -1.23. The number of hydrogen-bond acceptors (Lipinski definition) is 6. The monoisotopic (exact) mass is 481 g/mol. The number of rotatable bonds is 11. The maximum Gasteiger partial charge on any atom is 0.331 e. The van der Waals surface area contributed by atoms with Gasteiger partial charge in [-0.3, -0.25) is 14.4 Å². The quantitative estimate of drug-likeness (QED) is 0.203. The van der Waals surface area contributed by atoms with E-state index >= 15 is 0 Å². The summed E-state index contributed by atoms with van der Waals surface area (Å²) in [7, 11) is 0. The fourth-order valence-corrected chi connectivity index (χ4v) is 3.98. The highest BCUT2D eigenvalue weighted by Crippen LogP contribution is 2.20. The molecule has 0 aromatic heterocycles. The van der Waals surface area contributed by atoms with Crippen molar-refractivity contribution in [2.45, 2.75) is 97.1 Å². The maximum atomic E-state index is 12.7. The van der Waals surface area contributed by atoms with Crippen molar-refractivity contribution in [3.05, 3.63) is 12.3 Å². The molecule has 3 amide bonds. The van der Waals surface area contributed by atoms with Crippen molar-refractivity contribution in [3.8, 4) is 0 Å². The van der Waals surface area contributed by atoms with E-state index in [-0.39, 0.29) is 18.7 Å². The summed E-state index contributed by atoms with van der Waals surface area (Å²) in [4.78, 5) is 49.4. The molecule has 0 saturated carbocycles. The first kappa shape index (κ1) is 29.6. The minimum absolute atomic E-state index is 0.0115. The van der Waals surface area contributed by atoms with Gasteiger partial charge in [-0.25, -0.2) is 4.79 Å². The maximum absolute atomic E-state index is 12.7. The van der Waals surface area contributed by atoms with Crippen LogP contribution in [-0.4, -0.2) is 54.1 Å². The van der Waals surface area contributed by atoms with Gasteiger partial charge < -0.3 is 25.8 Å². The third-order valence-corrected chi connectivity index (χ3v) is 6.19. The Bertz CT molecular complexity index is 696. The van der Waals surface area contributed by atoms with Gasteiger partial charge in [-0.15, -0.1) is 0 Å². The largest absolute Gasteiger partial charge is 0.460 e. The molecule has 0 radical (unpaired) electrons. The summed E-state index contributed by atoms with van der Waals surface area (Å²) >= 11 is 0. The molecule has 1 aliphatic rings. The van der Waals surface area contributed by atoms with Crippen LogP contribution in [-0.2, 0) is 23.9 Å². The second-order valence-corrected chi connectivity index (χ2v) is 9.28. The highest BCUT2D eigenvalue weighted by molar-refractivity contribution is 5.97. The Morgan fingerprint density at radius 3 is 2.44 bits per heavy atom. The zero-order valence-corrected chi connectivity index (χ0v) is 21.0. The van der Waals surface area contributed by atoms with Crippen molar-refractivity contribution in [3.63, 3.8) is 0 Å². The summed E-state index contributed by atoms with van der Waals surface area (Å²) in [5.41, 5.74) is -0.134. The lowest BCUT2D eigenvalue weighted by Gasteiger charge is -2.26. The third-order valence-electron chi connectivity index (χ3n) is 6.19. The van der Waals surface area contributed by atoms with Crippen LogP contribution in [0.15, 0.2) is 12.3 Å². The van der Waals surface area contributed by atoms with Gasteiger partial charge >= 0.3 is 5.97 Å². The Labute approximate surface area is 203 Å². The van der Waals surface area contributed by atoms with E-state index in [2.05, 4.69) is 36.4 Å². The first-order valence-electron chi connectivity index (χ1n) is 12.6. The molecular weight excluding hydrogens is 438 g/mol. The number of carbonyl (C=O) groups excluding carboxylic acids is 4. The molecule has 0 aromatic rings. The molecule has 4 N–H and O–H groups in total. The highest BCUT2D eigenvalue weighted by Gasteiger charge is 2.31. The van der Waals surface area contributed by atoms with E-state index in [1.54, 1.807) is 6.92 Å². The van der Waals surface area contributed by atoms with E-state index in [0.29, 0.717) is 6.42 Å². The van der Waals surface area contributed by atoms with Crippen LogP contribution in [0.1, 0.15) is 85.0 Å². The molecule has 9 nitrogen and oxygen atoms in total. The van der Waals surface area contributed by atoms with Crippen LogP contribution < -0.4 is 16.0 Å². The summed E-state index contributed by atoms with van der Waals surface area (Å²) < 4.78 is 5.57. The molecule has 0 spiro atoms. The number of nitrogens with one attached hydrogen (secondary N) is 3. The number of hydrogen-bond donors (Lipinski definition) is 4. The van der Waals surface area contributed by atoms with Gasteiger partial charge in [0.1, 0.15) is 6.10 Å². The predicted molar refractivity (Wildman–Crippen MR) is 129 cm³/mol. The van der Waals surface area contributed by atoms with Gasteiger partial charge in [-0.05, 0) is 18.8 Å². The van der Waals surface area contributed by atoms with E-state index in [0.717, 1.165) is 31.6 Å². The number of carbonyl (C=O) groups is 4. The van der Waals surface area contributed by atoms with E-state index < -0.39 is 48.4 Å². The molecule has 1 aliphatic heterocycles. The molecule has 1 heterocycles. The van der Waals surface area contributed by atoms with E-state index in [9.17, 15) is 24.3 Å². The summed E-state index contributed by atoms with van der Waals surface area (Å²) in [6.07, 6.45) is 8.40. The molecule has 0 bridgehead atoms. The number of cyclic esters (lactones) is 1. The third kappa shape index (κ3) is 11.1. The molecule has 34 heavy (non-hydrogen) atoms. The molecule has 1 saturated heterocycles. The molecule has 1 fully saturated rings. The fourth-order valence-electron chi connectivity index (χ4n) is 3.98. The van der Waals surface area contributed by atoms with Crippen LogP contribution in [0.4, 0.5) is 0 Å². The lowest BCUT2D eigenvalue weighted by molar-refractivity contribution is -0.158. The lowest BCUT2D eigenvalue weighted by Crippen LogP contribution is -2.48. The van der Waals surface area contributed by atoms with E-state index in [1.165, 1.54) is 25.7 Å². The van der Waals surface area contributed by atoms with Crippen LogP contribution in [0.5, 0.6) is 0 Å². The van der Waals surface area contributed by atoms with E-state index in [1.807, 2.05) is 0 Å². The molecule has 4 unspecified atom stereocenters. The lowest BCUT2D eigenvalue weighted by atomic mass is 9.95. The van der Waals surface area contributed by atoms with Crippen LogP contribution in [0, 0.1) is 11.8 Å². The molecule has 194 valence electrons. The highest BCUT2D eigenvalue weighted by atomic mass is 16.5. The Morgan fingerprint density at radius 1 is 1.09 bits per heavy atom. The second kappa shape index (κ2) is 16.2. The molecule has 4 atom stereocenters. The molecule has 0 aromatic carbocycles. The van der Waals surface area contributed by atoms with Gasteiger partial charge in [0.05, 0.1) is 18.2 Å². The fraction of sp³-hybridized carbons (Fsp3) is 0.760. The summed E-state index contributed by atoms with van der Waals surface area (Å²) in [5, 5.41) is 16.9. The molecule has 9 heteroatoms. The predicted octanol–water partition coefficient (Wildman–Crippen LogP) is 2.33. The Hall–Kier alpha value is -2.42. The Balaban J connectivity index is 2.73. The zero-order chi connectivity index (χ0) is 25.5. The van der Waals surface area contributed by atoms with E-state index in [4.69, 9.17) is 4.74 Å². The van der Waals surface area contributed by atoms with Gasteiger partial charge in [0.15, 0.2) is 6.04 Å². The Morgan fingerprint density at radius 2 is 1.76 bits per heavy atom. The zero-order valence-electron chi connectivity index (χ0n) is 21.0. The first-order chi connectivity index (χ1) is 16.2. The van der Waals surface area contributed by atoms with Crippen LogP contribution >= 0.6 is 0 Å². The van der Waals surface area contributed by atoms with Crippen molar-refractivity contribution in [2.24, 2.45) is 11.8 Å². The van der Waals surface area contributed by atoms with Gasteiger partial charge in [0, 0.05) is 13.0 Å². The normalized spacial score (nSPS) is 23.9. The smallest absolute Gasteiger partial charge is 0.331 e. The number of aliphatic hydroxyl groups excluding tert-OH is 1. The minimum atomic E-state index is -1.23. The number of ether oxygens (including phenoxy) is 1. The van der Waals surface area contributed by atoms with Crippen molar-refractivity contribution >= 4 is 23.7 Å². The number of unbranched alkanes of at least 4 members (excludes halogenated alkanes) is 4. The first-order valence-corrected chi connectivity index (χ1v) is 12.6. The summed E-state index contributed by atoms with van der Waals surface area (Å²) in [6.45, 7) is 9.05. The SMILES string of the molecule is C=C1NC(=O)C(C)C(CCCCCCCC(C)CCC)OC(=O)C(CO)NC(=O)CCNC1=O. The van der Waals surface area contributed by atoms with Crippen LogP contribution in [0.25, 0.3) is 0 Å². The molecule has 1 rings (SSSR count). The second-order valence-electron chi connectivity index (χ2n) is 9.28. The van der Waals surface area contributed by atoms with Gasteiger partial charge in [0.2, 0.25) is 11.8 Å². The Kier molecular flexibility index (Phi) is 14.2. The minimum Gasteiger partial charge on any atom is -0.460 e. The number of aliphatic hydroxyl groups is 1. The number of esters is 1. The van der Waals surface area contributed by atoms with Crippen molar-refractivity contribution in [1.29, 1.82) is 0 Å². The molecule has 0 aliphatic carbocycles. The number of amides is 3. The van der Waals surface area contributed by atoms with Gasteiger partial charge in [-0.2, -0.15) is 0 Å². The summed E-state index contributed by atoms with van der Waals surface area (Å²) in [5.74, 6) is -2.37. The average Bonchev–Trinajstić information content (AvgIpc) is 2.79. The average molecular weight is 482 g/mol. The van der Waals surface area contributed by atoms with Crippen LogP contribution in [0.3, 0.4) is 0 Å². The van der Waals surface area contributed by atoms with Crippen molar-refractivity contribution in [1.82, 2.24) is 16.0 Å². The van der Waals surface area contributed by atoms with Crippen molar-refractivity contribution in [2.75, 3.05) is 13.2 Å². The van der Waals surface area contributed by atoms with Gasteiger partial charge in [-0.1, -0.05) is 72.3 Å². The standard InChI is InChI=1S/C25H43N3O6/c1-5-11-17(2)12-9-7-6-8-10-13-21-18(3)23(31)27-19(4)24(32)26-15-14-22(30)28-20(16-29)25(33)34-21/h17-18,20-21,29H,4-16H2,1-3H3,(H,26,32)(H,27,31)(H,28,30). The van der Waals surface area contributed by atoms with Crippen LogP contribution in [0.2, 0.25) is 0 Å². The van der Waals surface area contributed by atoms with Gasteiger partial charge in [0.25, 0.3) is 5.91 Å². The molecular formula is C25H43N3O6. The topological polar surface area (TPSA) is 134 Å².